The Hall–Kier alpha value is -2.69. The van der Waals surface area contributed by atoms with E-state index in [1.807, 2.05) is 36.4 Å². The number of pyridine rings is 1. The summed E-state index contributed by atoms with van der Waals surface area (Å²) in [7, 11) is 0. The van der Waals surface area contributed by atoms with Crippen molar-refractivity contribution in [2.24, 2.45) is 5.92 Å². The van der Waals surface area contributed by atoms with Crippen molar-refractivity contribution in [3.63, 3.8) is 0 Å². The third kappa shape index (κ3) is 3.11. The fourth-order valence-corrected chi connectivity index (χ4v) is 4.31. The molecule has 1 unspecified atom stereocenters. The second-order valence-electron chi connectivity index (χ2n) is 7.78. The van der Waals surface area contributed by atoms with Crippen molar-refractivity contribution in [1.82, 2.24) is 19.9 Å². The molecule has 3 aromatic rings. The first-order valence-corrected chi connectivity index (χ1v) is 10.00. The van der Waals surface area contributed by atoms with Crippen LogP contribution in [0.1, 0.15) is 44.6 Å². The third-order valence-corrected chi connectivity index (χ3v) is 5.81. The number of aromatic nitrogens is 3. The van der Waals surface area contributed by atoms with E-state index in [0.717, 1.165) is 48.2 Å². The molecular weight excluding hydrogens is 336 g/mol. The second-order valence-corrected chi connectivity index (χ2v) is 7.78. The molecule has 2 aliphatic carbocycles. The minimum absolute atomic E-state index is 0.143. The third-order valence-electron chi connectivity index (χ3n) is 5.81. The predicted molar refractivity (Wildman–Crippen MR) is 105 cm³/mol. The van der Waals surface area contributed by atoms with Gasteiger partial charge >= 0.3 is 0 Å². The van der Waals surface area contributed by atoms with Gasteiger partial charge in [-0.15, -0.1) is 0 Å². The second kappa shape index (κ2) is 6.80. The van der Waals surface area contributed by atoms with Gasteiger partial charge < -0.3 is 9.88 Å². The minimum atomic E-state index is -0.213. The van der Waals surface area contributed by atoms with Gasteiger partial charge in [0.1, 0.15) is 11.7 Å². The van der Waals surface area contributed by atoms with E-state index < -0.39 is 0 Å². The molecule has 2 fully saturated rings. The van der Waals surface area contributed by atoms with E-state index in [-0.39, 0.29) is 11.9 Å². The molecule has 138 valence electrons. The van der Waals surface area contributed by atoms with E-state index in [1.165, 1.54) is 12.8 Å². The highest BCUT2D eigenvalue weighted by Crippen LogP contribution is 2.43. The average molecular weight is 360 g/mol. The molecule has 1 N–H and O–H groups in total. The van der Waals surface area contributed by atoms with E-state index in [1.54, 1.807) is 6.20 Å². The van der Waals surface area contributed by atoms with Crippen molar-refractivity contribution in [2.45, 2.75) is 50.6 Å². The summed E-state index contributed by atoms with van der Waals surface area (Å²) in [6.45, 7) is 0. The van der Waals surface area contributed by atoms with Crippen LogP contribution in [0.5, 0.6) is 0 Å². The van der Waals surface area contributed by atoms with Gasteiger partial charge in [0, 0.05) is 12.2 Å². The number of para-hydroxylation sites is 2. The molecule has 27 heavy (non-hydrogen) atoms. The Morgan fingerprint density at radius 3 is 2.56 bits per heavy atom. The first-order valence-electron chi connectivity index (χ1n) is 10.00. The van der Waals surface area contributed by atoms with Crippen molar-refractivity contribution in [3.05, 3.63) is 48.7 Å². The molecule has 1 amide bonds. The molecule has 0 aliphatic heterocycles. The Morgan fingerprint density at radius 2 is 1.81 bits per heavy atom. The van der Waals surface area contributed by atoms with Gasteiger partial charge in [0.05, 0.1) is 11.0 Å². The molecule has 0 saturated heterocycles. The molecule has 0 bridgehead atoms. The van der Waals surface area contributed by atoms with Crippen molar-refractivity contribution in [3.8, 4) is 11.5 Å². The lowest BCUT2D eigenvalue weighted by molar-refractivity contribution is -0.125. The SMILES string of the molecule is O=C(NC1CCCC1)C(C1CC1)n1c(-c2ccccn2)nc2ccccc21. The largest absolute Gasteiger partial charge is 0.352 e. The first-order chi connectivity index (χ1) is 13.3. The van der Waals surface area contributed by atoms with Crippen LogP contribution >= 0.6 is 0 Å². The molecule has 2 heterocycles. The first kappa shape index (κ1) is 16.5. The zero-order valence-electron chi connectivity index (χ0n) is 15.3. The molecule has 2 aliphatic rings. The molecule has 2 aromatic heterocycles. The van der Waals surface area contributed by atoms with Crippen LogP contribution in [-0.2, 0) is 4.79 Å². The zero-order valence-corrected chi connectivity index (χ0v) is 15.3. The van der Waals surface area contributed by atoms with E-state index in [9.17, 15) is 4.79 Å². The van der Waals surface area contributed by atoms with Gasteiger partial charge in [0.15, 0.2) is 5.82 Å². The van der Waals surface area contributed by atoms with E-state index >= 15 is 0 Å². The number of imidazole rings is 1. The van der Waals surface area contributed by atoms with Crippen LogP contribution in [0.3, 0.4) is 0 Å². The van der Waals surface area contributed by atoms with Crippen molar-refractivity contribution in [2.75, 3.05) is 0 Å². The summed E-state index contributed by atoms with van der Waals surface area (Å²) in [6.07, 6.45) is 8.60. The highest BCUT2D eigenvalue weighted by molar-refractivity contribution is 5.87. The number of amides is 1. The van der Waals surface area contributed by atoms with Gasteiger partial charge in [-0.3, -0.25) is 9.78 Å². The minimum Gasteiger partial charge on any atom is -0.352 e. The number of carbonyl (C=O) groups is 1. The van der Waals surface area contributed by atoms with Crippen LogP contribution in [0.4, 0.5) is 0 Å². The summed E-state index contributed by atoms with van der Waals surface area (Å²) in [4.78, 5) is 22.7. The van der Waals surface area contributed by atoms with E-state index in [4.69, 9.17) is 4.98 Å². The maximum atomic E-state index is 13.3. The van der Waals surface area contributed by atoms with Crippen LogP contribution in [0.25, 0.3) is 22.6 Å². The number of rotatable bonds is 5. The Bertz CT molecular complexity index is 955. The van der Waals surface area contributed by atoms with Crippen LogP contribution < -0.4 is 5.32 Å². The van der Waals surface area contributed by atoms with Crippen LogP contribution in [0, 0.1) is 5.92 Å². The average Bonchev–Trinajstić information content (AvgIpc) is 3.26. The fourth-order valence-electron chi connectivity index (χ4n) is 4.31. The highest BCUT2D eigenvalue weighted by Gasteiger charge is 2.40. The van der Waals surface area contributed by atoms with Crippen LogP contribution in [0.15, 0.2) is 48.7 Å². The normalized spacial score (nSPS) is 18.7. The molecule has 2 saturated carbocycles. The Kier molecular flexibility index (Phi) is 4.15. The Labute approximate surface area is 158 Å². The number of nitrogens with one attached hydrogen (secondary N) is 1. The monoisotopic (exact) mass is 360 g/mol. The van der Waals surface area contributed by atoms with Gasteiger partial charge in [-0.1, -0.05) is 31.0 Å². The standard InChI is InChI=1S/C22H24N4O/c27-22(24-16-7-1-2-8-16)20(15-12-13-15)26-19-11-4-3-9-17(19)25-21(26)18-10-5-6-14-23-18/h3-6,9-11,14-16,20H,1-2,7-8,12-13H2,(H,24,27). The molecule has 0 radical (unpaired) electrons. The fraction of sp³-hybridized carbons (Fsp3) is 0.409. The van der Waals surface area contributed by atoms with Crippen LogP contribution in [0.2, 0.25) is 0 Å². The predicted octanol–water partition coefficient (Wildman–Crippen LogP) is 4.11. The molecule has 1 atom stereocenters. The van der Waals surface area contributed by atoms with Gasteiger partial charge in [-0.2, -0.15) is 0 Å². The lowest BCUT2D eigenvalue weighted by Gasteiger charge is -2.23. The van der Waals surface area contributed by atoms with Gasteiger partial charge in [-0.05, 0) is 55.9 Å². The summed E-state index contributed by atoms with van der Waals surface area (Å²) < 4.78 is 2.14. The van der Waals surface area contributed by atoms with Crippen molar-refractivity contribution in [1.29, 1.82) is 0 Å². The van der Waals surface area contributed by atoms with Gasteiger partial charge in [-0.25, -0.2) is 4.98 Å². The number of hydrogen-bond acceptors (Lipinski definition) is 3. The molecule has 5 heteroatoms. The highest BCUT2D eigenvalue weighted by atomic mass is 16.2. The molecule has 5 nitrogen and oxygen atoms in total. The quantitative estimate of drug-likeness (QED) is 0.745. The summed E-state index contributed by atoms with van der Waals surface area (Å²) >= 11 is 0. The lowest BCUT2D eigenvalue weighted by Crippen LogP contribution is -2.39. The molecular formula is C22H24N4O. The van der Waals surface area contributed by atoms with E-state index in [0.29, 0.717) is 12.0 Å². The Balaban J connectivity index is 1.61. The van der Waals surface area contributed by atoms with Crippen molar-refractivity contribution >= 4 is 16.9 Å². The Morgan fingerprint density at radius 1 is 1.04 bits per heavy atom. The number of benzene rings is 1. The summed E-state index contributed by atoms with van der Waals surface area (Å²) in [5.41, 5.74) is 2.74. The van der Waals surface area contributed by atoms with Gasteiger partial charge in [0.2, 0.25) is 5.91 Å². The maximum absolute atomic E-state index is 13.3. The summed E-state index contributed by atoms with van der Waals surface area (Å²) in [6, 6.07) is 14.0. The van der Waals surface area contributed by atoms with Crippen LogP contribution in [-0.4, -0.2) is 26.5 Å². The van der Waals surface area contributed by atoms with E-state index in [2.05, 4.69) is 20.9 Å². The molecule has 1 aromatic carbocycles. The smallest absolute Gasteiger partial charge is 0.243 e. The van der Waals surface area contributed by atoms with Crippen molar-refractivity contribution < 1.29 is 4.79 Å². The zero-order chi connectivity index (χ0) is 18.2. The molecule has 0 spiro atoms. The number of carbonyl (C=O) groups excluding carboxylic acids is 1. The number of hydrogen-bond donors (Lipinski definition) is 1. The summed E-state index contributed by atoms with van der Waals surface area (Å²) in [5.74, 6) is 1.31. The summed E-state index contributed by atoms with van der Waals surface area (Å²) in [5, 5.41) is 3.32. The lowest BCUT2D eigenvalue weighted by atomic mass is 10.1. The topological polar surface area (TPSA) is 59.8 Å². The van der Waals surface area contributed by atoms with Gasteiger partial charge in [0.25, 0.3) is 0 Å². The number of nitrogens with zero attached hydrogens (tertiary/aromatic N) is 3. The molecule has 5 rings (SSSR count). The maximum Gasteiger partial charge on any atom is 0.243 e. The number of fused-ring (bicyclic) bond motifs is 1.